The van der Waals surface area contributed by atoms with E-state index in [4.69, 9.17) is 10.5 Å². The van der Waals surface area contributed by atoms with E-state index in [1.54, 1.807) is 31.2 Å². The van der Waals surface area contributed by atoms with Crippen molar-refractivity contribution in [2.45, 2.75) is 13.0 Å². The zero-order chi connectivity index (χ0) is 13.5. The lowest BCUT2D eigenvalue weighted by atomic mass is 10.2. The van der Waals surface area contributed by atoms with E-state index in [1.807, 2.05) is 0 Å². The van der Waals surface area contributed by atoms with Crippen LogP contribution in [0.5, 0.6) is 5.75 Å². The molecule has 6 nitrogen and oxygen atoms in total. The van der Waals surface area contributed by atoms with E-state index in [2.05, 4.69) is 10.1 Å². The van der Waals surface area contributed by atoms with Gasteiger partial charge < -0.3 is 20.5 Å². The highest BCUT2D eigenvalue weighted by Gasteiger charge is 2.07. The largest absolute Gasteiger partial charge is 0.482 e. The van der Waals surface area contributed by atoms with Crippen LogP contribution >= 0.6 is 0 Å². The van der Waals surface area contributed by atoms with E-state index in [1.165, 1.54) is 7.11 Å². The van der Waals surface area contributed by atoms with Crippen LogP contribution in [-0.4, -0.2) is 31.6 Å². The molecule has 0 radical (unpaired) electrons. The summed E-state index contributed by atoms with van der Waals surface area (Å²) in [5, 5.41) is 2.63. The molecular weight excluding hydrogens is 236 g/mol. The van der Waals surface area contributed by atoms with Crippen molar-refractivity contribution in [2.24, 2.45) is 5.73 Å². The second-order valence-electron chi connectivity index (χ2n) is 3.67. The van der Waals surface area contributed by atoms with Gasteiger partial charge in [0.1, 0.15) is 5.75 Å². The van der Waals surface area contributed by atoms with E-state index < -0.39 is 12.0 Å². The Bertz CT molecular complexity index is 415. The number of esters is 1. The molecule has 1 aromatic carbocycles. The fraction of sp³-hybridized carbons (Fsp3) is 0.333. The monoisotopic (exact) mass is 252 g/mol. The fourth-order valence-corrected chi connectivity index (χ4v) is 1.09. The molecule has 3 N–H and O–H groups in total. The Morgan fingerprint density at radius 1 is 1.33 bits per heavy atom. The average Bonchev–Trinajstić information content (AvgIpc) is 2.37. The minimum Gasteiger partial charge on any atom is -0.482 e. The van der Waals surface area contributed by atoms with Gasteiger partial charge in [-0.15, -0.1) is 0 Å². The van der Waals surface area contributed by atoms with Gasteiger partial charge in [-0.25, -0.2) is 4.79 Å². The van der Waals surface area contributed by atoms with Crippen molar-refractivity contribution in [1.82, 2.24) is 0 Å². The number of hydrogen-bond donors (Lipinski definition) is 2. The summed E-state index contributed by atoms with van der Waals surface area (Å²) < 4.78 is 9.59. The third-order valence-electron chi connectivity index (χ3n) is 2.12. The molecule has 6 heteroatoms. The van der Waals surface area contributed by atoms with Gasteiger partial charge in [-0.3, -0.25) is 4.79 Å². The summed E-state index contributed by atoms with van der Waals surface area (Å²) in [5.41, 5.74) is 6.04. The molecule has 0 spiro atoms. The first-order valence-electron chi connectivity index (χ1n) is 5.39. The van der Waals surface area contributed by atoms with Crippen LogP contribution in [-0.2, 0) is 14.3 Å². The summed E-state index contributed by atoms with van der Waals surface area (Å²) in [6, 6.07) is 6.03. The van der Waals surface area contributed by atoms with Crippen LogP contribution in [0.1, 0.15) is 6.92 Å². The number of hydrogen-bond acceptors (Lipinski definition) is 5. The molecule has 0 aliphatic heterocycles. The number of ether oxygens (including phenoxy) is 2. The van der Waals surface area contributed by atoms with Crippen molar-refractivity contribution in [3.63, 3.8) is 0 Å². The minimum absolute atomic E-state index is 0.151. The fourth-order valence-electron chi connectivity index (χ4n) is 1.09. The summed E-state index contributed by atoms with van der Waals surface area (Å²) in [4.78, 5) is 22.2. The van der Waals surface area contributed by atoms with Gasteiger partial charge in [-0.2, -0.15) is 0 Å². The normalized spacial score (nSPS) is 11.5. The standard InChI is InChI=1S/C12H16N2O4/c1-8(13)12(16)14-9-3-5-10(6-4-9)18-7-11(15)17-2/h3-6,8H,7,13H2,1-2H3,(H,14,16)/t8-/m1/s1. The molecule has 98 valence electrons. The summed E-state index contributed by atoms with van der Waals surface area (Å²) in [6.07, 6.45) is 0. The zero-order valence-corrected chi connectivity index (χ0v) is 10.3. The number of carbonyl (C=O) groups is 2. The first-order valence-corrected chi connectivity index (χ1v) is 5.39. The minimum atomic E-state index is -0.569. The van der Waals surface area contributed by atoms with Gasteiger partial charge in [0.05, 0.1) is 13.2 Å². The molecule has 0 heterocycles. The lowest BCUT2D eigenvalue weighted by molar-refractivity contribution is -0.142. The highest BCUT2D eigenvalue weighted by atomic mass is 16.6. The van der Waals surface area contributed by atoms with Gasteiger partial charge in [0.15, 0.2) is 6.61 Å². The van der Waals surface area contributed by atoms with Gasteiger partial charge in [-0.05, 0) is 31.2 Å². The Balaban J connectivity index is 2.52. The van der Waals surface area contributed by atoms with Crippen LogP contribution in [0, 0.1) is 0 Å². The summed E-state index contributed by atoms with van der Waals surface area (Å²) in [6.45, 7) is 1.45. The number of anilines is 1. The van der Waals surface area contributed by atoms with E-state index in [9.17, 15) is 9.59 Å². The smallest absolute Gasteiger partial charge is 0.343 e. The maximum atomic E-state index is 11.3. The van der Waals surface area contributed by atoms with Gasteiger partial charge in [0.2, 0.25) is 5.91 Å². The van der Waals surface area contributed by atoms with Gasteiger partial charge in [0, 0.05) is 5.69 Å². The number of carbonyl (C=O) groups excluding carboxylic acids is 2. The van der Waals surface area contributed by atoms with Gasteiger partial charge in [0.25, 0.3) is 0 Å². The Morgan fingerprint density at radius 2 is 1.94 bits per heavy atom. The Morgan fingerprint density at radius 3 is 2.44 bits per heavy atom. The molecule has 0 saturated heterocycles. The van der Waals surface area contributed by atoms with Crippen molar-refractivity contribution >= 4 is 17.6 Å². The van der Waals surface area contributed by atoms with Crippen molar-refractivity contribution in [1.29, 1.82) is 0 Å². The summed E-state index contributed by atoms with van der Waals surface area (Å²) >= 11 is 0. The van der Waals surface area contributed by atoms with Gasteiger partial charge in [-0.1, -0.05) is 0 Å². The molecule has 0 aliphatic rings. The number of amides is 1. The third kappa shape index (κ3) is 4.42. The quantitative estimate of drug-likeness (QED) is 0.746. The highest BCUT2D eigenvalue weighted by Crippen LogP contribution is 2.15. The topological polar surface area (TPSA) is 90.6 Å². The maximum Gasteiger partial charge on any atom is 0.343 e. The summed E-state index contributed by atoms with van der Waals surface area (Å²) in [7, 11) is 1.29. The zero-order valence-electron chi connectivity index (χ0n) is 10.3. The molecule has 1 rings (SSSR count). The second kappa shape index (κ2) is 6.61. The molecule has 18 heavy (non-hydrogen) atoms. The Hall–Kier alpha value is -2.08. The summed E-state index contributed by atoms with van der Waals surface area (Å²) in [5.74, 6) is -0.207. The van der Waals surface area contributed by atoms with Crippen LogP contribution < -0.4 is 15.8 Å². The molecular formula is C12H16N2O4. The average molecular weight is 252 g/mol. The lowest BCUT2D eigenvalue weighted by Crippen LogP contribution is -2.32. The molecule has 1 aromatic rings. The first-order chi connectivity index (χ1) is 8.52. The van der Waals surface area contributed by atoms with E-state index in [0.29, 0.717) is 11.4 Å². The predicted molar refractivity (Wildman–Crippen MR) is 66.2 cm³/mol. The van der Waals surface area contributed by atoms with Crippen LogP contribution in [0.2, 0.25) is 0 Å². The van der Waals surface area contributed by atoms with Crippen molar-refractivity contribution < 1.29 is 19.1 Å². The van der Waals surface area contributed by atoms with E-state index in [0.717, 1.165) is 0 Å². The van der Waals surface area contributed by atoms with Crippen LogP contribution in [0.25, 0.3) is 0 Å². The second-order valence-corrected chi connectivity index (χ2v) is 3.67. The number of nitrogens with one attached hydrogen (secondary N) is 1. The van der Waals surface area contributed by atoms with E-state index >= 15 is 0 Å². The SMILES string of the molecule is COC(=O)COc1ccc(NC(=O)[C@@H](C)N)cc1. The highest BCUT2D eigenvalue weighted by molar-refractivity contribution is 5.94. The van der Waals surface area contributed by atoms with Crippen molar-refractivity contribution in [3.05, 3.63) is 24.3 Å². The van der Waals surface area contributed by atoms with Crippen LogP contribution in [0.4, 0.5) is 5.69 Å². The number of rotatable bonds is 5. The first kappa shape index (κ1) is 14.0. The van der Waals surface area contributed by atoms with E-state index in [-0.39, 0.29) is 12.5 Å². The van der Waals surface area contributed by atoms with Crippen LogP contribution in [0.3, 0.4) is 0 Å². The molecule has 0 aromatic heterocycles. The van der Waals surface area contributed by atoms with Crippen molar-refractivity contribution in [2.75, 3.05) is 19.0 Å². The molecule has 0 unspecified atom stereocenters. The van der Waals surface area contributed by atoms with Crippen molar-refractivity contribution in [3.8, 4) is 5.75 Å². The Labute approximate surface area is 105 Å². The molecule has 1 amide bonds. The number of nitrogens with two attached hydrogens (primary N) is 1. The predicted octanol–water partition coefficient (Wildman–Crippen LogP) is 0.524. The Kier molecular flexibility index (Phi) is 5.13. The molecule has 0 saturated carbocycles. The lowest BCUT2D eigenvalue weighted by Gasteiger charge is -2.09. The van der Waals surface area contributed by atoms with Crippen LogP contribution in [0.15, 0.2) is 24.3 Å². The molecule has 1 atom stereocenters. The number of benzene rings is 1. The maximum absolute atomic E-state index is 11.3. The molecule has 0 aliphatic carbocycles. The molecule has 0 fully saturated rings. The number of methoxy groups -OCH3 is 1. The van der Waals surface area contributed by atoms with Gasteiger partial charge >= 0.3 is 5.97 Å². The third-order valence-corrected chi connectivity index (χ3v) is 2.12. The molecule has 0 bridgehead atoms.